The Kier molecular flexibility index (Phi) is 1.51. The van der Waals surface area contributed by atoms with Crippen LogP contribution < -0.4 is 5.32 Å². The number of nitrogens with zero attached hydrogens (tertiary/aromatic N) is 1. The Hall–Kier alpha value is 0.200. The normalized spacial score (nSPS) is 22.7. The molecule has 0 spiro atoms. The first-order valence-corrected chi connectivity index (χ1v) is 3.14. The summed E-state index contributed by atoms with van der Waals surface area (Å²) in [6, 6.07) is 0. The van der Waals surface area contributed by atoms with E-state index in [4.69, 9.17) is 12.2 Å². The quantitative estimate of drug-likeness (QED) is 0.381. The molecule has 7 heavy (non-hydrogen) atoms. The van der Waals surface area contributed by atoms with Gasteiger partial charge in [0.15, 0.2) is 0 Å². The number of nitrogens with one attached hydrogen (secondary N) is 1. The zero-order chi connectivity index (χ0) is 5.28. The molecule has 0 aromatic heterocycles. The van der Waals surface area contributed by atoms with Crippen LogP contribution in [-0.4, -0.2) is 22.3 Å². The molecule has 0 amide bonds. The summed E-state index contributed by atoms with van der Waals surface area (Å²) < 4.78 is 2.92. The summed E-state index contributed by atoms with van der Waals surface area (Å²) in [5.74, 6) is 0. The van der Waals surface area contributed by atoms with Crippen molar-refractivity contribution in [3.8, 4) is 0 Å². The molecule has 0 aromatic rings. The molecule has 4 heteroatoms. The minimum Gasteiger partial charge on any atom is -0.356 e. The Morgan fingerprint density at radius 3 is 2.86 bits per heavy atom. The van der Waals surface area contributed by atoms with Gasteiger partial charge in [-0.1, -0.05) is 12.2 Å². The van der Waals surface area contributed by atoms with E-state index in [0.717, 1.165) is 11.0 Å². The third kappa shape index (κ3) is 1.29. The van der Waals surface area contributed by atoms with Crippen LogP contribution in [0.3, 0.4) is 0 Å². The Morgan fingerprint density at radius 1 is 2.00 bits per heavy atom. The summed E-state index contributed by atoms with van der Waals surface area (Å²) >= 11 is 6.38. The maximum atomic E-state index is 4.81. The van der Waals surface area contributed by atoms with Crippen LogP contribution in [0.5, 0.6) is 0 Å². The third-order valence-electron chi connectivity index (χ3n) is 0.685. The number of thiocarbonyl (C=S) groups is 1. The lowest BCUT2D eigenvalue weighted by Gasteiger charge is -1.96. The minimum absolute atomic E-state index is 0.877. The highest BCUT2D eigenvalue weighted by Crippen LogP contribution is 2.11. The molecule has 0 aromatic carbocycles. The second-order valence-electron chi connectivity index (χ2n) is 1.34. The first-order valence-electron chi connectivity index (χ1n) is 1.96. The molecule has 0 saturated carbocycles. The average Bonchev–Trinajstić information content (AvgIpc) is 1.87. The first-order chi connectivity index (χ1) is 3.29. The van der Waals surface area contributed by atoms with Crippen LogP contribution in [0.2, 0.25) is 0 Å². The van der Waals surface area contributed by atoms with Crippen molar-refractivity contribution in [1.29, 1.82) is 0 Å². The fraction of sp³-hybridized carbons (Fsp3) is 0.667. The lowest BCUT2D eigenvalue weighted by atomic mass is 11.0. The minimum atomic E-state index is 0.877. The highest BCUT2D eigenvalue weighted by molar-refractivity contribution is 8.21. The summed E-state index contributed by atoms with van der Waals surface area (Å²) in [4.78, 5) is 0. The van der Waals surface area contributed by atoms with Gasteiger partial charge in [-0.2, -0.15) is 0 Å². The number of hydrogen-bond acceptors (Lipinski definition) is 3. The van der Waals surface area contributed by atoms with E-state index in [0.29, 0.717) is 0 Å². The van der Waals surface area contributed by atoms with Crippen molar-refractivity contribution in [1.82, 2.24) is 9.62 Å². The van der Waals surface area contributed by atoms with Crippen LogP contribution in [0, 0.1) is 0 Å². The highest BCUT2D eigenvalue weighted by atomic mass is 32.2. The van der Waals surface area contributed by atoms with Crippen molar-refractivity contribution < 1.29 is 0 Å². The smallest absolute Gasteiger partial charge is 0.150 e. The van der Waals surface area contributed by atoms with E-state index in [9.17, 15) is 0 Å². The standard InChI is InChI=1S/C3H6N2S2/c1-5-2-4-3(6)7-5/h2H2,1H3,(H,4,6). The Labute approximate surface area is 52.4 Å². The molecule has 0 atom stereocenters. The fourth-order valence-electron chi connectivity index (χ4n) is 0.382. The van der Waals surface area contributed by atoms with Gasteiger partial charge in [0.25, 0.3) is 0 Å². The second-order valence-corrected chi connectivity index (χ2v) is 3.22. The monoisotopic (exact) mass is 134 g/mol. The second kappa shape index (κ2) is 1.98. The molecule has 0 bridgehead atoms. The van der Waals surface area contributed by atoms with Gasteiger partial charge in [0.2, 0.25) is 0 Å². The topological polar surface area (TPSA) is 15.3 Å². The van der Waals surface area contributed by atoms with Crippen LogP contribution in [0.25, 0.3) is 0 Å². The van der Waals surface area contributed by atoms with Crippen LogP contribution in [0.15, 0.2) is 0 Å². The number of hydrogen-bond donors (Lipinski definition) is 1. The van der Waals surface area contributed by atoms with Gasteiger partial charge in [-0.15, -0.1) is 0 Å². The lowest BCUT2D eigenvalue weighted by molar-refractivity contribution is 0.575. The predicted molar refractivity (Wildman–Crippen MR) is 36.0 cm³/mol. The molecule has 1 rings (SSSR count). The lowest BCUT2D eigenvalue weighted by Crippen LogP contribution is -2.15. The molecular weight excluding hydrogens is 128 g/mol. The summed E-state index contributed by atoms with van der Waals surface area (Å²) in [5.41, 5.74) is 0. The van der Waals surface area contributed by atoms with Gasteiger partial charge in [0.1, 0.15) is 4.32 Å². The Bertz CT molecular complexity index is 92.9. The van der Waals surface area contributed by atoms with Crippen molar-refractivity contribution in [2.45, 2.75) is 0 Å². The molecule has 1 fully saturated rings. The molecule has 1 heterocycles. The van der Waals surface area contributed by atoms with Crippen LogP contribution in [-0.2, 0) is 0 Å². The molecule has 40 valence electrons. The molecule has 0 aliphatic carbocycles. The largest absolute Gasteiger partial charge is 0.356 e. The van der Waals surface area contributed by atoms with E-state index < -0.39 is 0 Å². The van der Waals surface area contributed by atoms with Gasteiger partial charge >= 0.3 is 0 Å². The molecule has 1 N–H and O–H groups in total. The maximum Gasteiger partial charge on any atom is 0.150 e. The first kappa shape index (κ1) is 5.34. The molecule has 2 nitrogen and oxygen atoms in total. The molecule has 1 saturated heterocycles. The zero-order valence-electron chi connectivity index (χ0n) is 3.97. The van der Waals surface area contributed by atoms with Crippen LogP contribution in [0.4, 0.5) is 0 Å². The van der Waals surface area contributed by atoms with Crippen LogP contribution in [0.1, 0.15) is 0 Å². The fourth-order valence-corrected chi connectivity index (χ4v) is 1.37. The summed E-state index contributed by atoms with van der Waals surface area (Å²) in [5, 5.41) is 2.99. The van der Waals surface area contributed by atoms with Crippen molar-refractivity contribution in [3.63, 3.8) is 0 Å². The SMILES string of the molecule is CN1CNC(=S)S1. The van der Waals surface area contributed by atoms with Crippen molar-refractivity contribution in [2.24, 2.45) is 0 Å². The molecule has 1 aliphatic heterocycles. The van der Waals surface area contributed by atoms with Crippen molar-refractivity contribution >= 4 is 28.5 Å². The van der Waals surface area contributed by atoms with Crippen LogP contribution >= 0.6 is 24.2 Å². The molecule has 0 radical (unpaired) electrons. The Balaban J connectivity index is 2.40. The maximum absolute atomic E-state index is 4.81. The van der Waals surface area contributed by atoms with Gasteiger partial charge in [0, 0.05) is 0 Å². The zero-order valence-corrected chi connectivity index (χ0v) is 5.60. The van der Waals surface area contributed by atoms with Gasteiger partial charge in [-0.25, -0.2) is 4.31 Å². The molecule has 0 unspecified atom stereocenters. The van der Waals surface area contributed by atoms with Gasteiger partial charge < -0.3 is 5.32 Å². The summed E-state index contributed by atoms with van der Waals surface area (Å²) in [6.07, 6.45) is 0. The van der Waals surface area contributed by atoms with E-state index in [1.807, 2.05) is 11.4 Å². The van der Waals surface area contributed by atoms with E-state index in [2.05, 4.69) is 5.32 Å². The van der Waals surface area contributed by atoms with Gasteiger partial charge in [0.05, 0.1) is 6.67 Å². The van der Waals surface area contributed by atoms with Crippen molar-refractivity contribution in [2.75, 3.05) is 13.7 Å². The summed E-state index contributed by atoms with van der Waals surface area (Å²) in [7, 11) is 2.00. The van der Waals surface area contributed by atoms with E-state index >= 15 is 0 Å². The van der Waals surface area contributed by atoms with Crippen molar-refractivity contribution in [3.05, 3.63) is 0 Å². The molecule has 1 aliphatic rings. The van der Waals surface area contributed by atoms with E-state index in [1.54, 1.807) is 11.9 Å². The van der Waals surface area contributed by atoms with Gasteiger partial charge in [-0.05, 0) is 19.0 Å². The predicted octanol–water partition coefficient (Wildman–Crippen LogP) is 0.412. The average molecular weight is 134 g/mol. The molecular formula is C3H6N2S2. The Morgan fingerprint density at radius 2 is 2.71 bits per heavy atom. The third-order valence-corrected chi connectivity index (χ3v) is 1.80. The van der Waals surface area contributed by atoms with Gasteiger partial charge in [-0.3, -0.25) is 0 Å². The van der Waals surface area contributed by atoms with E-state index in [1.165, 1.54) is 0 Å². The summed E-state index contributed by atoms with van der Waals surface area (Å²) in [6.45, 7) is 0.878. The van der Waals surface area contributed by atoms with E-state index in [-0.39, 0.29) is 0 Å². The number of rotatable bonds is 0. The highest BCUT2D eigenvalue weighted by Gasteiger charge is 2.09.